The van der Waals surface area contributed by atoms with Gasteiger partial charge in [0, 0.05) is 57.0 Å². The summed E-state index contributed by atoms with van der Waals surface area (Å²) in [5.74, 6) is -7.80. The van der Waals surface area contributed by atoms with Crippen molar-refractivity contribution in [2.45, 2.75) is 57.8 Å². The number of Topliss-reactive ketones (excluding diaryl/α,β-unsaturated/α-hetero) is 1. The van der Waals surface area contributed by atoms with Gasteiger partial charge in [0.2, 0.25) is 17.5 Å². The molecule has 28 nitrogen and oxygen atoms in total. The number of hydrogen-bond donors (Lipinski definition) is 3. The number of nitriles is 1. The average Bonchev–Trinajstić information content (AvgIpc) is 1.64. The van der Waals surface area contributed by atoms with Crippen LogP contribution in [0, 0.1) is 34.7 Å². The largest absolute Gasteiger partial charge is 0.494 e. The standard InChI is InChI=1S/C62H75F3N12O16/c1-84-52-38-69-59(55-54(52)49(37-68-55)56(80)62(83)75-13-8-43(9-14-75)48(36-66)42-6-3-2-4-7-42)77-41-70-58(72-77)60(81)67-11-5-12-74(61(82)44-32-47(78)33-44)15-18-86-21-24-89-28-29-91-30-31-92-40-46-39-76(73-71-46)16-19-87-22-25-90-27-26-88-23-20-85-17-10-53(79)93-57-50(64)34-45(63)35-51(57)65/h2-4,6-7,34-35,37-39,41,44,47,68,78H,5,8-33,40H2,1H3,(H,67,81)/t44-,47-. The number of allylic oxidation sites excluding steroid dienone is 1. The Balaban J connectivity index is 0.630. The van der Waals surface area contributed by atoms with Gasteiger partial charge in [0.05, 0.1) is 172 Å². The van der Waals surface area contributed by atoms with Crippen molar-refractivity contribution in [3.05, 3.63) is 113 Å². The van der Waals surface area contributed by atoms with Gasteiger partial charge in [0.15, 0.2) is 17.5 Å². The molecule has 1 saturated heterocycles. The Morgan fingerprint density at radius 1 is 0.796 bits per heavy atom. The van der Waals surface area contributed by atoms with Crippen LogP contribution in [0.4, 0.5) is 13.2 Å². The first-order valence-electron chi connectivity index (χ1n) is 30.4. The van der Waals surface area contributed by atoms with Crippen molar-refractivity contribution in [1.29, 1.82) is 5.26 Å². The third kappa shape index (κ3) is 21.2. The Kier molecular flexibility index (Phi) is 28.1. The van der Waals surface area contributed by atoms with E-state index in [1.54, 1.807) is 15.8 Å². The third-order valence-electron chi connectivity index (χ3n) is 14.7. The number of benzene rings is 2. The number of aromatic amines is 1. The van der Waals surface area contributed by atoms with Gasteiger partial charge in [-0.3, -0.25) is 24.0 Å². The number of methoxy groups -OCH3 is 1. The molecule has 1 saturated carbocycles. The maximum atomic E-state index is 13.8. The first-order chi connectivity index (χ1) is 45.3. The summed E-state index contributed by atoms with van der Waals surface area (Å²) in [6.07, 6.45) is 7.15. The molecule has 93 heavy (non-hydrogen) atoms. The van der Waals surface area contributed by atoms with Crippen LogP contribution in [0.15, 0.2) is 73.0 Å². The minimum absolute atomic E-state index is 0.0653. The highest BCUT2D eigenvalue weighted by Crippen LogP contribution is 2.33. The number of aliphatic hydroxyl groups is 1. The topological polar surface area (TPSA) is 330 Å². The first-order valence-corrected chi connectivity index (χ1v) is 30.4. The van der Waals surface area contributed by atoms with Crippen LogP contribution in [0.25, 0.3) is 22.3 Å². The van der Waals surface area contributed by atoms with Crippen LogP contribution in [0.5, 0.6) is 11.5 Å². The Labute approximate surface area is 533 Å². The molecule has 1 aliphatic heterocycles. The molecule has 1 aliphatic carbocycles. The number of aromatic nitrogens is 8. The van der Waals surface area contributed by atoms with E-state index in [4.69, 9.17) is 42.6 Å². The summed E-state index contributed by atoms with van der Waals surface area (Å²) in [6, 6.07) is 12.5. The summed E-state index contributed by atoms with van der Waals surface area (Å²) in [5.41, 5.74) is 3.35. The lowest BCUT2D eigenvalue weighted by Gasteiger charge is -2.35. The molecule has 500 valence electrons. The second kappa shape index (κ2) is 37.2. The van der Waals surface area contributed by atoms with Gasteiger partial charge >= 0.3 is 5.97 Å². The van der Waals surface area contributed by atoms with Crippen molar-refractivity contribution < 1.29 is 89.6 Å². The Morgan fingerprint density at radius 3 is 2.05 bits per heavy atom. The minimum atomic E-state index is -1.32. The van der Waals surface area contributed by atoms with E-state index in [0.29, 0.717) is 152 Å². The number of carbonyl (C=O) groups is 5. The van der Waals surface area contributed by atoms with Crippen LogP contribution >= 0.6 is 0 Å². The van der Waals surface area contributed by atoms with E-state index in [-0.39, 0.29) is 100 Å². The molecule has 31 heteroatoms. The van der Waals surface area contributed by atoms with Crippen LogP contribution in [-0.4, -0.2) is 229 Å². The third-order valence-corrected chi connectivity index (χ3v) is 14.7. The molecule has 5 heterocycles. The summed E-state index contributed by atoms with van der Waals surface area (Å²) in [6.45, 7) is 6.31. The zero-order valence-electron chi connectivity index (χ0n) is 51.5. The molecule has 4 aromatic heterocycles. The van der Waals surface area contributed by atoms with Gasteiger partial charge in [-0.2, -0.15) is 9.94 Å². The second-order valence-corrected chi connectivity index (χ2v) is 21.2. The fourth-order valence-electron chi connectivity index (χ4n) is 9.84. The van der Waals surface area contributed by atoms with Gasteiger partial charge in [0.25, 0.3) is 17.6 Å². The number of aliphatic hydroxyl groups excluding tert-OH is 1. The first kappa shape index (κ1) is 70.3. The molecule has 2 aromatic carbocycles. The molecular weight excluding hydrogens is 1230 g/mol. The van der Waals surface area contributed by atoms with E-state index in [9.17, 15) is 47.5 Å². The quantitative estimate of drug-likeness (QED) is 0.0122. The monoisotopic (exact) mass is 1300 g/mol. The number of pyridine rings is 1. The van der Waals surface area contributed by atoms with Gasteiger partial charge in [-0.15, -0.1) is 10.2 Å². The number of halogens is 3. The van der Waals surface area contributed by atoms with Crippen molar-refractivity contribution >= 4 is 46.0 Å². The van der Waals surface area contributed by atoms with E-state index in [1.165, 1.54) is 35.4 Å². The maximum Gasteiger partial charge on any atom is 0.313 e. The van der Waals surface area contributed by atoms with Gasteiger partial charge in [-0.25, -0.2) is 27.8 Å². The van der Waals surface area contributed by atoms with Crippen LogP contribution < -0.4 is 14.8 Å². The smallest absolute Gasteiger partial charge is 0.313 e. The molecular formula is C62H75F3N12O16. The van der Waals surface area contributed by atoms with E-state index in [0.717, 1.165) is 11.1 Å². The summed E-state index contributed by atoms with van der Waals surface area (Å²) in [7, 11) is 1.42. The lowest BCUT2D eigenvalue weighted by atomic mass is 9.81. The van der Waals surface area contributed by atoms with Crippen molar-refractivity contribution in [3.63, 3.8) is 0 Å². The number of carbonyl (C=O) groups excluding carboxylic acids is 5. The number of nitrogens with one attached hydrogen (secondary N) is 2. The van der Waals surface area contributed by atoms with E-state index in [1.807, 2.05) is 30.3 Å². The second-order valence-electron chi connectivity index (χ2n) is 21.2. The number of H-pyrrole nitrogens is 1. The predicted octanol–water partition coefficient (Wildman–Crippen LogP) is 3.99. The Bertz CT molecular complexity index is 3450. The summed E-state index contributed by atoms with van der Waals surface area (Å²) < 4.78 is 97.7. The molecule has 6 aromatic rings. The van der Waals surface area contributed by atoms with Crippen molar-refractivity contribution in [2.24, 2.45) is 5.92 Å². The normalized spacial score (nSPS) is 14.6. The predicted molar refractivity (Wildman–Crippen MR) is 321 cm³/mol. The number of piperidine rings is 1. The molecule has 0 spiro atoms. The Hall–Kier alpha value is -8.58. The number of fused-ring (bicyclic) bond motifs is 1. The Morgan fingerprint density at radius 2 is 1.42 bits per heavy atom. The molecule has 3 N–H and O–H groups in total. The number of ketones is 1. The number of esters is 1. The molecule has 0 atom stereocenters. The molecule has 2 fully saturated rings. The minimum Gasteiger partial charge on any atom is -0.494 e. The number of amides is 3. The zero-order chi connectivity index (χ0) is 65.7. The lowest BCUT2D eigenvalue weighted by molar-refractivity contribution is -0.143. The number of hydrogen-bond acceptors (Lipinski definition) is 22. The van der Waals surface area contributed by atoms with Gasteiger partial charge in [0.1, 0.15) is 23.6 Å². The van der Waals surface area contributed by atoms with Gasteiger partial charge in [-0.1, -0.05) is 35.5 Å². The van der Waals surface area contributed by atoms with E-state index < -0.39 is 52.9 Å². The maximum absolute atomic E-state index is 13.8. The van der Waals surface area contributed by atoms with E-state index >= 15 is 0 Å². The number of likely N-dealkylation sites (tertiary alicyclic amines) is 1. The molecule has 2 aliphatic rings. The van der Waals surface area contributed by atoms with Crippen LogP contribution in [-0.2, 0) is 65.4 Å². The molecule has 8 rings (SSSR count). The molecule has 0 bridgehead atoms. The zero-order valence-corrected chi connectivity index (χ0v) is 51.5. The molecule has 3 amide bonds. The molecule has 0 unspecified atom stereocenters. The average molecular weight is 1300 g/mol. The molecule has 0 radical (unpaired) electrons. The van der Waals surface area contributed by atoms with Gasteiger partial charge < -0.3 is 72.6 Å². The summed E-state index contributed by atoms with van der Waals surface area (Å²) >= 11 is 0. The lowest BCUT2D eigenvalue weighted by Crippen LogP contribution is -2.45. The van der Waals surface area contributed by atoms with E-state index in [2.05, 4.69) is 46.5 Å². The highest BCUT2D eigenvalue weighted by atomic mass is 19.1. The number of nitrogens with zero attached hydrogens (tertiary/aromatic N) is 10. The highest BCUT2D eigenvalue weighted by molar-refractivity contribution is 6.45. The van der Waals surface area contributed by atoms with Crippen LogP contribution in [0.3, 0.4) is 0 Å². The number of rotatable bonds is 41. The SMILES string of the molecule is COc1cnc(-n2cnc(C(=O)NCCCN(CCOCCOCCOCCOCc3cn(CCOCCOCCOCCOCCC(=O)Oc4c(F)cc(F)cc4F)nn3)C(=O)[C@H]3C[C@H](O)C3)n2)c2[nH]cc(C(=O)C(=O)N3CCC(=C(C#N)c4ccccc4)CC3)c12. The fraction of sp³-hybridized carbons (Fsp3) is 0.500. The number of ether oxygens (including phenoxy) is 10. The fourth-order valence-corrected chi connectivity index (χ4v) is 9.84. The van der Waals surface area contributed by atoms with Crippen molar-refractivity contribution in [1.82, 2.24) is 54.8 Å². The summed E-state index contributed by atoms with van der Waals surface area (Å²) in [5, 5.41) is 35.4. The summed E-state index contributed by atoms with van der Waals surface area (Å²) in [4.78, 5) is 80.8. The van der Waals surface area contributed by atoms with Crippen LogP contribution in [0.1, 0.15) is 70.8 Å². The van der Waals surface area contributed by atoms with Crippen molar-refractivity contribution in [2.75, 3.05) is 139 Å². The highest BCUT2D eigenvalue weighted by Gasteiger charge is 2.36. The van der Waals surface area contributed by atoms with Gasteiger partial charge in [-0.05, 0) is 43.2 Å². The van der Waals surface area contributed by atoms with Crippen LogP contribution in [0.2, 0.25) is 0 Å². The van der Waals surface area contributed by atoms with Crippen molar-refractivity contribution in [3.8, 4) is 23.4 Å².